The summed E-state index contributed by atoms with van der Waals surface area (Å²) >= 11 is 0. The smallest absolute Gasteiger partial charge is 0.212 e. The monoisotopic (exact) mass is 261 g/mol. The van der Waals surface area contributed by atoms with Crippen molar-refractivity contribution in [3.63, 3.8) is 0 Å². The Kier molecular flexibility index (Phi) is 4.85. The van der Waals surface area contributed by atoms with E-state index >= 15 is 0 Å². The van der Waals surface area contributed by atoms with E-state index in [0.29, 0.717) is 12.4 Å². The van der Waals surface area contributed by atoms with Crippen molar-refractivity contribution in [2.75, 3.05) is 6.54 Å². The van der Waals surface area contributed by atoms with E-state index in [0.717, 1.165) is 25.3 Å². The fourth-order valence-corrected chi connectivity index (χ4v) is 1.68. The van der Waals surface area contributed by atoms with Crippen LogP contribution in [0.2, 0.25) is 0 Å². The molecule has 2 aromatic rings. The van der Waals surface area contributed by atoms with Crippen LogP contribution in [-0.2, 0) is 20.2 Å². The molecule has 0 saturated heterocycles. The molecule has 6 nitrogen and oxygen atoms in total. The lowest BCUT2D eigenvalue weighted by atomic mass is 10.2. The Bertz CT molecular complexity index is 511. The average molecular weight is 261 g/mol. The van der Waals surface area contributed by atoms with Gasteiger partial charge in [-0.2, -0.15) is 4.80 Å². The number of benzene rings is 1. The molecule has 0 unspecified atom stereocenters. The van der Waals surface area contributed by atoms with Gasteiger partial charge in [-0.05, 0) is 35.9 Å². The van der Waals surface area contributed by atoms with E-state index in [2.05, 4.69) is 33.7 Å². The number of tetrazole rings is 1. The van der Waals surface area contributed by atoms with E-state index in [1.165, 1.54) is 10.4 Å². The van der Waals surface area contributed by atoms with Crippen LogP contribution in [0.15, 0.2) is 24.3 Å². The molecule has 0 aliphatic carbocycles. The maximum Gasteiger partial charge on any atom is 0.212 e. The number of hydrogen-bond donors (Lipinski definition) is 1. The van der Waals surface area contributed by atoms with Crippen molar-refractivity contribution in [3.8, 4) is 5.75 Å². The predicted molar refractivity (Wildman–Crippen MR) is 71.6 cm³/mol. The van der Waals surface area contributed by atoms with Crippen LogP contribution in [0.3, 0.4) is 0 Å². The van der Waals surface area contributed by atoms with Crippen LogP contribution in [0.25, 0.3) is 0 Å². The summed E-state index contributed by atoms with van der Waals surface area (Å²) in [5.74, 6) is 1.40. The first-order valence-corrected chi connectivity index (χ1v) is 6.43. The molecule has 1 aromatic carbocycles. The first kappa shape index (κ1) is 13.5. The van der Waals surface area contributed by atoms with Crippen LogP contribution in [-0.4, -0.2) is 26.8 Å². The minimum atomic E-state index is 0.333. The number of nitrogens with zero attached hydrogens (tertiary/aromatic N) is 4. The lowest BCUT2D eigenvalue weighted by Gasteiger charge is -2.07. The Morgan fingerprint density at radius 2 is 2.26 bits per heavy atom. The molecular formula is C13H19N5O. The van der Waals surface area contributed by atoms with Crippen LogP contribution >= 0.6 is 0 Å². The third-order valence-corrected chi connectivity index (χ3v) is 2.57. The first-order chi connectivity index (χ1) is 9.28. The molecule has 0 fully saturated rings. The number of hydrogen-bond acceptors (Lipinski definition) is 5. The van der Waals surface area contributed by atoms with Crippen molar-refractivity contribution in [3.05, 3.63) is 35.7 Å². The number of aryl methyl sites for hydroxylation is 1. The van der Waals surface area contributed by atoms with Gasteiger partial charge in [-0.3, -0.25) is 0 Å². The summed E-state index contributed by atoms with van der Waals surface area (Å²) in [6, 6.07) is 8.03. The fraction of sp³-hybridized carbons (Fsp3) is 0.462. The third-order valence-electron chi connectivity index (χ3n) is 2.57. The van der Waals surface area contributed by atoms with E-state index in [4.69, 9.17) is 4.74 Å². The van der Waals surface area contributed by atoms with Crippen molar-refractivity contribution >= 4 is 0 Å². The van der Waals surface area contributed by atoms with Gasteiger partial charge < -0.3 is 10.1 Å². The summed E-state index contributed by atoms with van der Waals surface area (Å²) in [6.07, 6.45) is 1.13. The van der Waals surface area contributed by atoms with Gasteiger partial charge in [0.2, 0.25) is 5.82 Å². The third kappa shape index (κ3) is 4.33. The van der Waals surface area contributed by atoms with Gasteiger partial charge in [0.1, 0.15) is 5.75 Å². The molecule has 19 heavy (non-hydrogen) atoms. The second-order valence-electron chi connectivity index (χ2n) is 4.31. The standard InChI is InChI=1S/C13H19N5O/c1-3-7-14-9-11-5-4-6-12(8-11)19-10-13-15-17-18(2)16-13/h4-6,8,14H,3,7,9-10H2,1-2H3. The highest BCUT2D eigenvalue weighted by Gasteiger charge is 2.02. The van der Waals surface area contributed by atoms with Gasteiger partial charge in [0.05, 0.1) is 7.05 Å². The average Bonchev–Trinajstić information content (AvgIpc) is 2.83. The summed E-state index contributed by atoms with van der Waals surface area (Å²) in [6.45, 7) is 4.36. The van der Waals surface area contributed by atoms with Gasteiger partial charge in [-0.25, -0.2) is 0 Å². The molecule has 0 saturated carbocycles. The zero-order valence-corrected chi connectivity index (χ0v) is 11.3. The number of rotatable bonds is 7. The quantitative estimate of drug-likeness (QED) is 0.761. The van der Waals surface area contributed by atoms with Gasteiger partial charge in [0.15, 0.2) is 6.61 Å². The normalized spacial score (nSPS) is 10.6. The molecule has 0 spiro atoms. The van der Waals surface area contributed by atoms with Crippen molar-refractivity contribution in [1.29, 1.82) is 0 Å². The second-order valence-corrected chi connectivity index (χ2v) is 4.31. The summed E-state index contributed by atoms with van der Waals surface area (Å²) in [5, 5.41) is 15.1. The van der Waals surface area contributed by atoms with Gasteiger partial charge in [0, 0.05) is 6.54 Å². The molecule has 0 aliphatic rings. The first-order valence-electron chi connectivity index (χ1n) is 6.43. The zero-order valence-electron chi connectivity index (χ0n) is 11.3. The molecule has 0 amide bonds. The number of nitrogens with one attached hydrogen (secondary N) is 1. The summed E-state index contributed by atoms with van der Waals surface area (Å²) in [5.41, 5.74) is 1.21. The number of aromatic nitrogens is 4. The van der Waals surface area contributed by atoms with Crippen LogP contribution in [0, 0.1) is 0 Å². The van der Waals surface area contributed by atoms with Gasteiger partial charge in [-0.15, -0.1) is 10.2 Å². The van der Waals surface area contributed by atoms with Gasteiger partial charge in [-0.1, -0.05) is 19.1 Å². The predicted octanol–water partition coefficient (Wildman–Crippen LogP) is 1.29. The SMILES string of the molecule is CCCNCc1cccc(OCc2nnn(C)n2)c1. The van der Waals surface area contributed by atoms with E-state index < -0.39 is 0 Å². The molecule has 1 heterocycles. The molecule has 2 rings (SSSR count). The van der Waals surface area contributed by atoms with E-state index in [1.807, 2.05) is 18.2 Å². The minimum Gasteiger partial charge on any atom is -0.485 e. The molecule has 1 N–H and O–H groups in total. The van der Waals surface area contributed by atoms with E-state index in [1.54, 1.807) is 7.05 Å². The lowest BCUT2D eigenvalue weighted by Crippen LogP contribution is -2.13. The molecule has 102 valence electrons. The van der Waals surface area contributed by atoms with Gasteiger partial charge >= 0.3 is 0 Å². The molecule has 0 aliphatic heterocycles. The number of ether oxygens (including phenoxy) is 1. The maximum absolute atomic E-state index is 5.65. The highest BCUT2D eigenvalue weighted by molar-refractivity contribution is 5.28. The largest absolute Gasteiger partial charge is 0.485 e. The lowest BCUT2D eigenvalue weighted by molar-refractivity contribution is 0.295. The fourth-order valence-electron chi connectivity index (χ4n) is 1.68. The Morgan fingerprint density at radius 1 is 1.37 bits per heavy atom. The molecule has 6 heteroatoms. The molecule has 0 atom stereocenters. The van der Waals surface area contributed by atoms with Crippen molar-refractivity contribution in [2.45, 2.75) is 26.5 Å². The highest BCUT2D eigenvalue weighted by Crippen LogP contribution is 2.14. The molecule has 0 bridgehead atoms. The Balaban J connectivity index is 1.87. The summed E-state index contributed by atoms with van der Waals surface area (Å²) < 4.78 is 5.65. The summed E-state index contributed by atoms with van der Waals surface area (Å²) in [4.78, 5) is 1.42. The van der Waals surface area contributed by atoms with Crippen LogP contribution in [0.5, 0.6) is 5.75 Å². The van der Waals surface area contributed by atoms with Crippen LogP contribution in [0.4, 0.5) is 0 Å². The van der Waals surface area contributed by atoms with E-state index in [-0.39, 0.29) is 0 Å². The van der Waals surface area contributed by atoms with Crippen molar-refractivity contribution in [2.24, 2.45) is 7.05 Å². The summed E-state index contributed by atoms with van der Waals surface area (Å²) in [7, 11) is 1.73. The molecular weight excluding hydrogens is 242 g/mol. The molecule has 0 radical (unpaired) electrons. The Labute approximate surface area is 112 Å². The highest BCUT2D eigenvalue weighted by atomic mass is 16.5. The maximum atomic E-state index is 5.65. The van der Waals surface area contributed by atoms with E-state index in [9.17, 15) is 0 Å². The van der Waals surface area contributed by atoms with Crippen LogP contribution in [0.1, 0.15) is 24.7 Å². The minimum absolute atomic E-state index is 0.333. The zero-order chi connectivity index (χ0) is 13.5. The Hall–Kier alpha value is -1.95. The van der Waals surface area contributed by atoms with Crippen molar-refractivity contribution in [1.82, 2.24) is 25.5 Å². The van der Waals surface area contributed by atoms with Crippen LogP contribution < -0.4 is 10.1 Å². The van der Waals surface area contributed by atoms with Gasteiger partial charge in [0.25, 0.3) is 0 Å². The molecule has 1 aromatic heterocycles. The topological polar surface area (TPSA) is 64.9 Å². The second kappa shape index (κ2) is 6.84. The Morgan fingerprint density at radius 3 is 3.00 bits per heavy atom. The van der Waals surface area contributed by atoms with Crippen molar-refractivity contribution < 1.29 is 4.74 Å².